The normalized spacial score (nSPS) is 20.3. The first kappa shape index (κ1) is 24.9. The molecule has 1 amide bonds. The summed E-state index contributed by atoms with van der Waals surface area (Å²) in [7, 11) is -1.91. The monoisotopic (exact) mass is 473 g/mol. The minimum Gasteiger partial charge on any atom is -0.472 e. The molecule has 0 saturated carbocycles. The van der Waals surface area contributed by atoms with Crippen LogP contribution in [-0.4, -0.2) is 78.8 Å². The molecule has 1 N–H and O–H groups in total. The third kappa shape index (κ3) is 6.19. The highest BCUT2D eigenvalue weighted by Gasteiger charge is 2.35. The average molecular weight is 474 g/mol. The number of ether oxygens (including phenoxy) is 1. The number of sulfonamides is 1. The number of amides is 1. The van der Waals surface area contributed by atoms with Gasteiger partial charge in [-0.3, -0.25) is 4.79 Å². The molecule has 2 aromatic rings. The van der Waals surface area contributed by atoms with E-state index in [4.69, 9.17) is 4.74 Å². The molecule has 0 aliphatic carbocycles. The van der Waals surface area contributed by atoms with Gasteiger partial charge in [-0.2, -0.15) is 0 Å². The van der Waals surface area contributed by atoms with Crippen molar-refractivity contribution in [3.63, 3.8) is 0 Å². The summed E-state index contributed by atoms with van der Waals surface area (Å²) in [4.78, 5) is 19.4. The molecule has 1 aromatic carbocycles. The smallest absolute Gasteiger partial charge is 0.259 e. The summed E-state index contributed by atoms with van der Waals surface area (Å²) >= 11 is 0. The Morgan fingerprint density at radius 2 is 1.94 bits per heavy atom. The van der Waals surface area contributed by atoms with Gasteiger partial charge in [0.2, 0.25) is 15.9 Å². The van der Waals surface area contributed by atoms with Gasteiger partial charge in [-0.05, 0) is 24.1 Å². The lowest BCUT2D eigenvalue weighted by molar-refractivity contribution is 0.0373. The number of likely N-dealkylation sites (N-methyl/N-ethyl adjacent to an activating group) is 1. The number of hydrogen-bond acceptors (Lipinski definition) is 6. The van der Waals surface area contributed by atoms with Gasteiger partial charge in [0.15, 0.2) is 0 Å². The maximum Gasteiger partial charge on any atom is 0.259 e. The third-order valence-corrected chi connectivity index (χ3v) is 7.09. The van der Waals surface area contributed by atoms with Crippen molar-refractivity contribution in [3.05, 3.63) is 59.3 Å². The maximum atomic E-state index is 13.4. The van der Waals surface area contributed by atoms with Crippen molar-refractivity contribution in [1.29, 1.82) is 0 Å². The van der Waals surface area contributed by atoms with Crippen LogP contribution in [0.15, 0.2) is 42.6 Å². The van der Waals surface area contributed by atoms with E-state index < -0.39 is 22.2 Å². The molecule has 0 bridgehead atoms. The fourth-order valence-electron chi connectivity index (χ4n) is 3.57. The zero-order chi connectivity index (χ0) is 24.2. The Morgan fingerprint density at radius 3 is 2.58 bits per heavy atom. The van der Waals surface area contributed by atoms with Crippen LogP contribution in [0.2, 0.25) is 0 Å². The van der Waals surface area contributed by atoms with Crippen molar-refractivity contribution in [2.45, 2.75) is 26.0 Å². The van der Waals surface area contributed by atoms with E-state index >= 15 is 0 Å². The van der Waals surface area contributed by atoms with Crippen molar-refractivity contribution in [2.24, 2.45) is 5.92 Å². The highest BCUT2D eigenvalue weighted by atomic mass is 32.2. The summed E-state index contributed by atoms with van der Waals surface area (Å²) in [5.74, 6) is -0.319. The molecule has 1 aliphatic rings. The molecule has 2 heterocycles. The Bertz CT molecular complexity index is 1100. The summed E-state index contributed by atoms with van der Waals surface area (Å²) in [6, 6.07) is 11.1. The maximum absolute atomic E-state index is 13.4. The fourth-order valence-corrected chi connectivity index (χ4v) is 3.99. The van der Waals surface area contributed by atoms with E-state index in [-0.39, 0.29) is 36.4 Å². The van der Waals surface area contributed by atoms with Crippen LogP contribution in [0, 0.1) is 5.92 Å². The van der Waals surface area contributed by atoms with Crippen molar-refractivity contribution in [1.82, 2.24) is 14.2 Å². The van der Waals surface area contributed by atoms with E-state index in [0.29, 0.717) is 6.54 Å². The summed E-state index contributed by atoms with van der Waals surface area (Å²) in [5, 5.41) is 9.74. The number of hydrogen-bond donors (Lipinski definition) is 1. The molecule has 0 saturated heterocycles. The highest BCUT2D eigenvalue weighted by molar-refractivity contribution is 7.88. The van der Waals surface area contributed by atoms with E-state index in [2.05, 4.69) is 4.98 Å². The van der Waals surface area contributed by atoms with Crippen LogP contribution < -0.4 is 4.74 Å². The summed E-state index contributed by atoms with van der Waals surface area (Å²) in [6.07, 6.45) is 6.03. The van der Waals surface area contributed by atoms with E-state index in [1.807, 2.05) is 49.4 Å². The zero-order valence-corrected chi connectivity index (χ0v) is 20.2. The molecule has 0 radical (unpaired) electrons. The minimum absolute atomic E-state index is 0.117. The number of carbonyl (C=O) groups excluding carboxylic acids is 1. The molecule has 33 heavy (non-hydrogen) atoms. The fraction of sp³-hybridized carbons (Fsp3) is 0.417. The largest absolute Gasteiger partial charge is 0.472 e. The minimum atomic E-state index is -3.41. The van der Waals surface area contributed by atoms with E-state index in [9.17, 15) is 18.3 Å². The molecule has 3 rings (SSSR count). The summed E-state index contributed by atoms with van der Waals surface area (Å²) in [6.45, 7) is 3.91. The topological polar surface area (TPSA) is 100 Å². The van der Waals surface area contributed by atoms with Crippen molar-refractivity contribution in [2.75, 3.05) is 33.0 Å². The second-order valence-corrected chi connectivity index (χ2v) is 10.6. The second kappa shape index (κ2) is 10.5. The Labute approximate surface area is 195 Å². The van der Waals surface area contributed by atoms with Crippen molar-refractivity contribution < 1.29 is 23.1 Å². The standard InChI is InChI=1S/C24H31N3O5S/c1-17-14-27(18(2)16-28)24(29)21-12-20(11-10-19-8-6-5-7-9-19)13-25-23(21)32-22(17)15-26(3)33(4,30)31/h5-13,17-18,22,28H,14-16H2,1-4H3/b11-10+/t17-,18-,22-/m0/s1. The van der Waals surface area contributed by atoms with Gasteiger partial charge in [0.25, 0.3) is 5.91 Å². The Kier molecular flexibility index (Phi) is 7.88. The van der Waals surface area contributed by atoms with Gasteiger partial charge in [0.05, 0.1) is 25.4 Å². The van der Waals surface area contributed by atoms with E-state index in [0.717, 1.165) is 17.4 Å². The van der Waals surface area contributed by atoms with Gasteiger partial charge in [-0.1, -0.05) is 49.4 Å². The number of rotatable bonds is 7. The second-order valence-electron chi connectivity index (χ2n) is 8.53. The quantitative estimate of drug-likeness (QED) is 0.663. The molecule has 1 aromatic heterocycles. The number of aliphatic hydroxyl groups excluding tert-OH is 1. The zero-order valence-electron chi connectivity index (χ0n) is 19.4. The van der Waals surface area contributed by atoms with Crippen LogP contribution in [0.5, 0.6) is 5.88 Å². The molecule has 8 nitrogen and oxygen atoms in total. The number of fused-ring (bicyclic) bond motifs is 1. The number of aromatic nitrogens is 1. The molecule has 0 unspecified atom stereocenters. The lowest BCUT2D eigenvalue weighted by Gasteiger charge is -2.37. The van der Waals surface area contributed by atoms with Crippen LogP contribution >= 0.6 is 0 Å². The molecule has 1 aliphatic heterocycles. The molecular formula is C24H31N3O5S. The number of benzene rings is 1. The first-order valence-electron chi connectivity index (χ1n) is 10.8. The molecule has 3 atom stereocenters. The van der Waals surface area contributed by atoms with Crippen LogP contribution in [0.25, 0.3) is 12.2 Å². The number of carbonyl (C=O) groups is 1. The Balaban J connectivity index is 1.99. The average Bonchev–Trinajstić information content (AvgIpc) is 2.79. The van der Waals surface area contributed by atoms with Gasteiger partial charge in [0, 0.05) is 25.7 Å². The molecule has 0 spiro atoms. The Morgan fingerprint density at radius 1 is 1.27 bits per heavy atom. The number of aliphatic hydroxyl groups is 1. The van der Waals surface area contributed by atoms with Gasteiger partial charge in [0.1, 0.15) is 11.7 Å². The van der Waals surface area contributed by atoms with Crippen LogP contribution in [0.4, 0.5) is 0 Å². The predicted molar refractivity (Wildman–Crippen MR) is 128 cm³/mol. The first-order chi connectivity index (χ1) is 15.6. The Hall–Kier alpha value is -2.75. The van der Waals surface area contributed by atoms with Crippen LogP contribution in [-0.2, 0) is 10.0 Å². The predicted octanol–water partition coefficient (Wildman–Crippen LogP) is 2.36. The first-order valence-corrected chi connectivity index (χ1v) is 12.7. The van der Waals surface area contributed by atoms with Crippen molar-refractivity contribution >= 4 is 28.1 Å². The highest BCUT2D eigenvalue weighted by Crippen LogP contribution is 2.28. The molecule has 0 fully saturated rings. The van der Waals surface area contributed by atoms with Crippen LogP contribution in [0.1, 0.15) is 35.3 Å². The SMILES string of the molecule is C[C@H]1CN([C@@H](C)CO)C(=O)c2cc(/C=C/c3ccccc3)cnc2O[C@H]1CN(C)S(C)(=O)=O. The lowest BCUT2D eigenvalue weighted by atomic mass is 10.00. The summed E-state index contributed by atoms with van der Waals surface area (Å²) < 4.78 is 31.3. The lowest BCUT2D eigenvalue weighted by Crippen LogP contribution is -2.50. The van der Waals surface area contributed by atoms with Gasteiger partial charge < -0.3 is 14.7 Å². The molecular weight excluding hydrogens is 442 g/mol. The third-order valence-electron chi connectivity index (χ3n) is 5.81. The molecule has 9 heteroatoms. The van der Waals surface area contributed by atoms with E-state index in [1.165, 1.54) is 11.4 Å². The van der Waals surface area contributed by atoms with E-state index in [1.54, 1.807) is 24.1 Å². The summed E-state index contributed by atoms with van der Waals surface area (Å²) in [5.41, 5.74) is 2.02. The van der Waals surface area contributed by atoms with Gasteiger partial charge in [-0.15, -0.1) is 0 Å². The van der Waals surface area contributed by atoms with Crippen LogP contribution in [0.3, 0.4) is 0 Å². The molecule has 178 valence electrons. The number of nitrogens with zero attached hydrogens (tertiary/aromatic N) is 3. The van der Waals surface area contributed by atoms with Crippen molar-refractivity contribution in [3.8, 4) is 5.88 Å². The van der Waals surface area contributed by atoms with Gasteiger partial charge >= 0.3 is 0 Å². The number of pyridine rings is 1. The van der Waals surface area contributed by atoms with Gasteiger partial charge in [-0.25, -0.2) is 17.7 Å².